The van der Waals surface area contributed by atoms with Crippen LogP contribution in [0.2, 0.25) is 5.02 Å². The van der Waals surface area contributed by atoms with E-state index in [0.29, 0.717) is 22.1 Å². The Kier molecular flexibility index (Phi) is 5.18. The highest BCUT2D eigenvalue weighted by Gasteiger charge is 2.10. The zero-order valence-corrected chi connectivity index (χ0v) is 15.7. The molecule has 4 rings (SSSR count). The number of halogens is 1. The molecule has 4 heteroatoms. The van der Waals surface area contributed by atoms with E-state index in [1.54, 1.807) is 18.2 Å². The van der Waals surface area contributed by atoms with Crippen LogP contribution >= 0.6 is 11.6 Å². The van der Waals surface area contributed by atoms with Gasteiger partial charge in [0.25, 0.3) is 0 Å². The smallest absolute Gasteiger partial charge is 0.160 e. The zero-order valence-electron chi connectivity index (χ0n) is 15.0. The first-order valence-corrected chi connectivity index (χ1v) is 9.24. The number of aliphatic hydroxyl groups is 1. The van der Waals surface area contributed by atoms with Gasteiger partial charge in [-0.05, 0) is 18.2 Å². The second kappa shape index (κ2) is 8.07. The van der Waals surface area contributed by atoms with Crippen LogP contribution in [-0.4, -0.2) is 15.1 Å². The van der Waals surface area contributed by atoms with E-state index in [2.05, 4.69) is 4.98 Å². The summed E-state index contributed by atoms with van der Waals surface area (Å²) in [5, 5.41) is 11.1. The maximum absolute atomic E-state index is 10.6. The number of hydrogen-bond acceptors (Lipinski definition) is 3. The van der Waals surface area contributed by atoms with Crippen molar-refractivity contribution >= 4 is 23.4 Å². The maximum Gasteiger partial charge on any atom is 0.160 e. The van der Waals surface area contributed by atoms with Gasteiger partial charge in [0.15, 0.2) is 5.82 Å². The van der Waals surface area contributed by atoms with Gasteiger partial charge in [-0.25, -0.2) is 9.97 Å². The first-order chi connectivity index (χ1) is 13.7. The minimum Gasteiger partial charge on any atom is -0.507 e. The van der Waals surface area contributed by atoms with E-state index >= 15 is 0 Å². The van der Waals surface area contributed by atoms with Gasteiger partial charge in [0.05, 0.1) is 16.4 Å². The highest BCUT2D eigenvalue weighted by atomic mass is 35.5. The van der Waals surface area contributed by atoms with Crippen LogP contribution in [0.3, 0.4) is 0 Å². The third-order valence-electron chi connectivity index (χ3n) is 4.28. The molecule has 1 heterocycles. The van der Waals surface area contributed by atoms with Crippen LogP contribution in [0.1, 0.15) is 11.3 Å². The first-order valence-electron chi connectivity index (χ1n) is 8.86. The quantitative estimate of drug-likeness (QED) is 0.407. The third kappa shape index (κ3) is 3.95. The Bertz CT molecular complexity index is 1070. The van der Waals surface area contributed by atoms with Gasteiger partial charge < -0.3 is 5.11 Å². The van der Waals surface area contributed by atoms with Crippen molar-refractivity contribution in [2.75, 3.05) is 0 Å². The van der Waals surface area contributed by atoms with Gasteiger partial charge in [-0.2, -0.15) is 0 Å². The van der Waals surface area contributed by atoms with Crippen molar-refractivity contribution in [3.63, 3.8) is 0 Å². The van der Waals surface area contributed by atoms with Gasteiger partial charge in [-0.1, -0.05) is 84.4 Å². The number of nitrogens with zero attached hydrogens (tertiary/aromatic N) is 2. The molecule has 0 aliphatic rings. The van der Waals surface area contributed by atoms with Crippen LogP contribution in [-0.2, 0) is 0 Å². The van der Waals surface area contributed by atoms with Crippen molar-refractivity contribution in [2.45, 2.75) is 0 Å². The van der Waals surface area contributed by atoms with Gasteiger partial charge in [0, 0.05) is 22.8 Å². The second-order valence-electron chi connectivity index (χ2n) is 6.24. The summed E-state index contributed by atoms with van der Waals surface area (Å²) in [6.45, 7) is 0. The summed E-state index contributed by atoms with van der Waals surface area (Å²) in [7, 11) is 0. The maximum atomic E-state index is 10.6. The van der Waals surface area contributed by atoms with Crippen LogP contribution in [0.15, 0.2) is 91.0 Å². The molecular formula is C24H17ClN2O. The lowest BCUT2D eigenvalue weighted by Gasteiger charge is -2.08. The molecule has 0 saturated heterocycles. The molecule has 0 amide bonds. The van der Waals surface area contributed by atoms with Crippen molar-refractivity contribution in [2.24, 2.45) is 0 Å². The molecule has 0 saturated carbocycles. The Morgan fingerprint density at radius 3 is 2.04 bits per heavy atom. The Morgan fingerprint density at radius 1 is 0.750 bits per heavy atom. The molecule has 1 aromatic heterocycles. The van der Waals surface area contributed by atoms with Crippen molar-refractivity contribution in [3.05, 3.63) is 107 Å². The fourth-order valence-electron chi connectivity index (χ4n) is 2.90. The monoisotopic (exact) mass is 384 g/mol. The van der Waals surface area contributed by atoms with Gasteiger partial charge in [-0.15, -0.1) is 0 Å². The molecule has 0 radical (unpaired) electrons. The molecule has 3 nitrogen and oxygen atoms in total. The van der Waals surface area contributed by atoms with Crippen molar-refractivity contribution in [1.82, 2.24) is 9.97 Å². The molecule has 0 aliphatic carbocycles. The average Bonchev–Trinajstić information content (AvgIpc) is 2.75. The summed E-state index contributed by atoms with van der Waals surface area (Å²) in [4.78, 5) is 9.36. The Balaban J connectivity index is 1.85. The molecule has 1 N–H and O–H groups in total. The van der Waals surface area contributed by atoms with Gasteiger partial charge >= 0.3 is 0 Å². The van der Waals surface area contributed by atoms with E-state index < -0.39 is 0 Å². The summed E-state index contributed by atoms with van der Waals surface area (Å²) < 4.78 is 0. The van der Waals surface area contributed by atoms with Crippen molar-refractivity contribution < 1.29 is 5.11 Å². The Hall–Kier alpha value is -3.43. The van der Waals surface area contributed by atoms with Gasteiger partial charge in [0.2, 0.25) is 0 Å². The van der Waals surface area contributed by atoms with E-state index in [1.807, 2.05) is 78.9 Å². The molecule has 0 bridgehead atoms. The molecule has 0 atom stereocenters. The van der Waals surface area contributed by atoms with Crippen LogP contribution in [0.5, 0.6) is 0 Å². The summed E-state index contributed by atoms with van der Waals surface area (Å²) in [6.07, 6.45) is 1.61. The lowest BCUT2D eigenvalue weighted by atomic mass is 10.1. The number of hydrogen-bond donors (Lipinski definition) is 1. The predicted molar refractivity (Wildman–Crippen MR) is 115 cm³/mol. The summed E-state index contributed by atoms with van der Waals surface area (Å²) in [5.74, 6) is 0.655. The highest BCUT2D eigenvalue weighted by Crippen LogP contribution is 2.26. The topological polar surface area (TPSA) is 46.0 Å². The van der Waals surface area contributed by atoms with Crippen LogP contribution in [0.4, 0.5) is 0 Å². The lowest BCUT2D eigenvalue weighted by Crippen LogP contribution is -1.96. The molecule has 0 aliphatic heterocycles. The lowest BCUT2D eigenvalue weighted by molar-refractivity contribution is 0.515. The summed E-state index contributed by atoms with van der Waals surface area (Å²) in [5.41, 5.74) is 3.84. The SMILES string of the molecule is O/C(=C\c1cc(-c2ccccc2)nc(-c2ccccc2)n1)c1ccccc1Cl. The van der Waals surface area contributed by atoms with E-state index in [1.165, 1.54) is 0 Å². The van der Waals surface area contributed by atoms with E-state index in [9.17, 15) is 5.11 Å². The molecule has 136 valence electrons. The molecular weight excluding hydrogens is 368 g/mol. The molecule has 4 aromatic rings. The van der Waals surface area contributed by atoms with Gasteiger partial charge in [-0.3, -0.25) is 0 Å². The fourth-order valence-corrected chi connectivity index (χ4v) is 3.13. The minimum absolute atomic E-state index is 0.0577. The molecule has 3 aromatic carbocycles. The van der Waals surface area contributed by atoms with E-state index in [0.717, 1.165) is 16.8 Å². The Labute approximate surface area is 168 Å². The second-order valence-corrected chi connectivity index (χ2v) is 6.65. The third-order valence-corrected chi connectivity index (χ3v) is 4.61. The number of rotatable bonds is 4. The van der Waals surface area contributed by atoms with Crippen LogP contribution in [0, 0.1) is 0 Å². The largest absolute Gasteiger partial charge is 0.507 e. The average molecular weight is 385 g/mol. The molecule has 0 unspecified atom stereocenters. The number of aliphatic hydroxyl groups excluding tert-OH is 1. The van der Waals surface area contributed by atoms with Gasteiger partial charge in [0.1, 0.15) is 5.76 Å². The summed E-state index contributed by atoms with van der Waals surface area (Å²) >= 11 is 6.21. The summed E-state index contributed by atoms with van der Waals surface area (Å²) in [6, 6.07) is 28.7. The van der Waals surface area contributed by atoms with E-state index in [4.69, 9.17) is 16.6 Å². The molecule has 0 fully saturated rings. The molecule has 0 spiro atoms. The highest BCUT2D eigenvalue weighted by molar-refractivity contribution is 6.32. The van der Waals surface area contributed by atoms with Crippen molar-refractivity contribution in [1.29, 1.82) is 0 Å². The fraction of sp³-hybridized carbons (Fsp3) is 0. The zero-order chi connectivity index (χ0) is 19.3. The van der Waals surface area contributed by atoms with Crippen LogP contribution < -0.4 is 0 Å². The number of aromatic nitrogens is 2. The predicted octanol–water partition coefficient (Wildman–Crippen LogP) is 6.52. The normalized spacial score (nSPS) is 11.4. The Morgan fingerprint density at radius 2 is 1.36 bits per heavy atom. The molecule has 28 heavy (non-hydrogen) atoms. The van der Waals surface area contributed by atoms with Crippen molar-refractivity contribution in [3.8, 4) is 22.6 Å². The van der Waals surface area contributed by atoms with E-state index in [-0.39, 0.29) is 5.76 Å². The van der Waals surface area contributed by atoms with Crippen LogP contribution in [0.25, 0.3) is 34.5 Å². The minimum atomic E-state index is 0.0577. The standard InChI is InChI=1S/C24H17ClN2O/c25-21-14-8-7-13-20(21)23(28)16-19-15-22(17-9-3-1-4-10-17)27-24(26-19)18-11-5-2-6-12-18/h1-16,28H/b23-16-. The first kappa shape index (κ1) is 18.0. The number of benzene rings is 3.